The molecule has 0 aliphatic carbocycles. The first-order chi connectivity index (χ1) is 8.16. The van der Waals surface area contributed by atoms with Crippen LogP contribution in [-0.2, 0) is 9.53 Å². The summed E-state index contributed by atoms with van der Waals surface area (Å²) in [6, 6.07) is 0.137. The van der Waals surface area contributed by atoms with E-state index in [1.807, 2.05) is 6.92 Å². The molecular weight excluding hydrogens is 218 g/mol. The average molecular weight is 241 g/mol. The first kappa shape index (κ1) is 12.8. The highest BCUT2D eigenvalue weighted by molar-refractivity contribution is 5.82. The van der Waals surface area contributed by atoms with Crippen LogP contribution in [0.2, 0.25) is 0 Å². The zero-order valence-electron chi connectivity index (χ0n) is 10.7. The Balaban J connectivity index is 1.79. The van der Waals surface area contributed by atoms with Crippen molar-refractivity contribution in [3.8, 4) is 0 Å². The van der Waals surface area contributed by atoms with Gasteiger partial charge in [-0.05, 0) is 39.9 Å². The first-order valence-corrected chi connectivity index (χ1v) is 6.50. The molecule has 0 aromatic heterocycles. The van der Waals surface area contributed by atoms with Crippen molar-refractivity contribution >= 4 is 5.91 Å². The molecule has 98 valence electrons. The van der Waals surface area contributed by atoms with Gasteiger partial charge in [-0.15, -0.1) is 0 Å². The fraction of sp³-hybridized carbons (Fsp3) is 0.917. The zero-order chi connectivity index (χ0) is 12.3. The number of hydrogen-bond donors (Lipinski definition) is 2. The fourth-order valence-electron chi connectivity index (χ4n) is 2.47. The third kappa shape index (κ3) is 3.40. The van der Waals surface area contributed by atoms with Crippen molar-refractivity contribution in [2.24, 2.45) is 0 Å². The number of nitrogens with one attached hydrogen (secondary N) is 2. The van der Waals surface area contributed by atoms with Crippen molar-refractivity contribution in [3.05, 3.63) is 0 Å². The van der Waals surface area contributed by atoms with Crippen molar-refractivity contribution < 1.29 is 9.53 Å². The highest BCUT2D eigenvalue weighted by atomic mass is 16.5. The standard InChI is InChI=1S/C12H23N3O2/c1-9-11(13-5-8-17-9)12(16)14-10-3-6-15(2)7-4-10/h9-11,13H,3-8H2,1-2H3,(H,14,16)/t9-,11+/m1/s1. The Morgan fingerprint density at radius 3 is 2.76 bits per heavy atom. The number of nitrogens with zero attached hydrogens (tertiary/aromatic N) is 1. The van der Waals surface area contributed by atoms with Crippen LogP contribution in [0.15, 0.2) is 0 Å². The summed E-state index contributed by atoms with van der Waals surface area (Å²) in [5, 5.41) is 6.35. The lowest BCUT2D eigenvalue weighted by Crippen LogP contribution is -2.57. The van der Waals surface area contributed by atoms with E-state index >= 15 is 0 Å². The summed E-state index contributed by atoms with van der Waals surface area (Å²) in [5.74, 6) is 0.0896. The molecular formula is C12H23N3O2. The minimum absolute atomic E-state index is 0.0324. The second-order valence-electron chi connectivity index (χ2n) is 5.09. The zero-order valence-corrected chi connectivity index (χ0v) is 10.7. The van der Waals surface area contributed by atoms with Gasteiger partial charge in [-0.1, -0.05) is 0 Å². The van der Waals surface area contributed by atoms with Gasteiger partial charge in [0.15, 0.2) is 0 Å². The molecule has 1 amide bonds. The number of carbonyl (C=O) groups excluding carboxylic acids is 1. The largest absolute Gasteiger partial charge is 0.375 e. The fourth-order valence-corrected chi connectivity index (χ4v) is 2.47. The van der Waals surface area contributed by atoms with Crippen LogP contribution < -0.4 is 10.6 Å². The van der Waals surface area contributed by atoms with Crippen molar-refractivity contribution in [3.63, 3.8) is 0 Å². The minimum atomic E-state index is -0.191. The van der Waals surface area contributed by atoms with E-state index in [0.29, 0.717) is 12.6 Å². The molecule has 2 aliphatic rings. The number of piperidine rings is 1. The number of hydrogen-bond acceptors (Lipinski definition) is 4. The molecule has 0 aromatic carbocycles. The number of rotatable bonds is 2. The van der Waals surface area contributed by atoms with E-state index in [4.69, 9.17) is 4.74 Å². The molecule has 5 heteroatoms. The number of amides is 1. The number of likely N-dealkylation sites (tertiary alicyclic amines) is 1. The lowest BCUT2D eigenvalue weighted by atomic mass is 10.0. The molecule has 2 fully saturated rings. The van der Waals surface area contributed by atoms with Gasteiger partial charge in [-0.2, -0.15) is 0 Å². The van der Waals surface area contributed by atoms with Gasteiger partial charge in [0, 0.05) is 12.6 Å². The summed E-state index contributed by atoms with van der Waals surface area (Å²) in [6.07, 6.45) is 2.06. The van der Waals surface area contributed by atoms with Gasteiger partial charge in [0.25, 0.3) is 0 Å². The Hall–Kier alpha value is -0.650. The van der Waals surface area contributed by atoms with Crippen LogP contribution in [0.3, 0.4) is 0 Å². The predicted molar refractivity (Wildman–Crippen MR) is 65.9 cm³/mol. The first-order valence-electron chi connectivity index (χ1n) is 6.50. The molecule has 0 saturated carbocycles. The van der Waals surface area contributed by atoms with Gasteiger partial charge in [0.2, 0.25) is 5.91 Å². The van der Waals surface area contributed by atoms with Crippen LogP contribution in [0.25, 0.3) is 0 Å². The minimum Gasteiger partial charge on any atom is -0.375 e. The smallest absolute Gasteiger partial charge is 0.240 e. The van der Waals surface area contributed by atoms with Gasteiger partial charge in [-0.3, -0.25) is 4.79 Å². The van der Waals surface area contributed by atoms with Crippen LogP contribution in [0, 0.1) is 0 Å². The molecule has 2 saturated heterocycles. The SMILES string of the molecule is C[C@H]1OCCN[C@@H]1C(=O)NC1CCN(C)CC1. The predicted octanol–water partition coefficient (Wildman–Crippen LogP) is -0.426. The van der Waals surface area contributed by atoms with Crippen LogP contribution in [0.1, 0.15) is 19.8 Å². The van der Waals surface area contributed by atoms with Crippen LogP contribution in [-0.4, -0.2) is 62.3 Å². The van der Waals surface area contributed by atoms with E-state index in [1.165, 1.54) is 0 Å². The van der Waals surface area contributed by atoms with E-state index in [-0.39, 0.29) is 18.1 Å². The summed E-state index contributed by atoms with van der Waals surface area (Å²) in [6.45, 7) is 5.53. The van der Waals surface area contributed by atoms with Crippen LogP contribution >= 0.6 is 0 Å². The summed E-state index contributed by atoms with van der Waals surface area (Å²) < 4.78 is 5.49. The lowest BCUT2D eigenvalue weighted by molar-refractivity contribution is -0.129. The number of carbonyl (C=O) groups is 1. The average Bonchev–Trinajstić information content (AvgIpc) is 2.32. The normalized spacial score (nSPS) is 32.4. The molecule has 2 aliphatic heterocycles. The van der Waals surface area contributed by atoms with Crippen LogP contribution in [0.4, 0.5) is 0 Å². The summed E-state index contributed by atoms with van der Waals surface area (Å²) in [5.41, 5.74) is 0. The maximum Gasteiger partial charge on any atom is 0.240 e. The van der Waals surface area contributed by atoms with Gasteiger partial charge < -0.3 is 20.3 Å². The van der Waals surface area contributed by atoms with Gasteiger partial charge in [0.1, 0.15) is 6.04 Å². The molecule has 0 unspecified atom stereocenters. The molecule has 0 radical (unpaired) electrons. The van der Waals surface area contributed by atoms with Gasteiger partial charge in [-0.25, -0.2) is 0 Å². The Labute approximate surface area is 103 Å². The topological polar surface area (TPSA) is 53.6 Å². The molecule has 2 heterocycles. The molecule has 17 heavy (non-hydrogen) atoms. The van der Waals surface area contributed by atoms with E-state index in [1.54, 1.807) is 0 Å². The maximum atomic E-state index is 12.1. The molecule has 2 atom stereocenters. The maximum absolute atomic E-state index is 12.1. The van der Waals surface area contributed by atoms with Crippen molar-refractivity contribution in [2.45, 2.75) is 38.0 Å². The lowest BCUT2D eigenvalue weighted by Gasteiger charge is -2.33. The Morgan fingerprint density at radius 2 is 2.12 bits per heavy atom. The Bertz CT molecular complexity index is 264. The second kappa shape index (κ2) is 5.80. The Kier molecular flexibility index (Phi) is 4.36. The molecule has 2 N–H and O–H groups in total. The molecule has 0 bridgehead atoms. The Morgan fingerprint density at radius 1 is 1.41 bits per heavy atom. The van der Waals surface area contributed by atoms with Crippen molar-refractivity contribution in [1.29, 1.82) is 0 Å². The van der Waals surface area contributed by atoms with Crippen molar-refractivity contribution in [2.75, 3.05) is 33.3 Å². The molecule has 5 nitrogen and oxygen atoms in total. The quantitative estimate of drug-likeness (QED) is 0.689. The highest BCUT2D eigenvalue weighted by Crippen LogP contribution is 2.10. The van der Waals surface area contributed by atoms with Crippen molar-refractivity contribution in [1.82, 2.24) is 15.5 Å². The van der Waals surface area contributed by atoms with E-state index in [2.05, 4.69) is 22.6 Å². The third-order valence-electron chi connectivity index (χ3n) is 3.66. The van der Waals surface area contributed by atoms with Gasteiger partial charge >= 0.3 is 0 Å². The molecule has 0 spiro atoms. The van der Waals surface area contributed by atoms with E-state index < -0.39 is 0 Å². The summed E-state index contributed by atoms with van der Waals surface area (Å²) >= 11 is 0. The van der Waals surface area contributed by atoms with Crippen LogP contribution in [0.5, 0.6) is 0 Å². The second-order valence-corrected chi connectivity index (χ2v) is 5.09. The van der Waals surface area contributed by atoms with E-state index in [0.717, 1.165) is 32.5 Å². The summed E-state index contributed by atoms with van der Waals surface area (Å²) in [4.78, 5) is 14.4. The highest BCUT2D eigenvalue weighted by Gasteiger charge is 2.30. The number of ether oxygens (including phenoxy) is 1. The molecule has 2 rings (SSSR count). The van der Waals surface area contributed by atoms with Gasteiger partial charge in [0.05, 0.1) is 12.7 Å². The van der Waals surface area contributed by atoms with E-state index in [9.17, 15) is 4.79 Å². The third-order valence-corrected chi connectivity index (χ3v) is 3.66. The molecule has 0 aromatic rings. The monoisotopic (exact) mass is 241 g/mol. The summed E-state index contributed by atoms with van der Waals surface area (Å²) in [7, 11) is 2.12. The number of morpholine rings is 1.